The summed E-state index contributed by atoms with van der Waals surface area (Å²) in [6.07, 6.45) is 1.89. The summed E-state index contributed by atoms with van der Waals surface area (Å²) in [6, 6.07) is 8.00. The van der Waals surface area contributed by atoms with E-state index in [1.165, 1.54) is 0 Å². The summed E-state index contributed by atoms with van der Waals surface area (Å²) in [4.78, 5) is 7.24. The second-order valence-corrected chi connectivity index (χ2v) is 3.96. The van der Waals surface area contributed by atoms with Crippen LogP contribution in [0.3, 0.4) is 0 Å². The van der Waals surface area contributed by atoms with Gasteiger partial charge in [-0.3, -0.25) is 0 Å². The molecule has 0 aliphatic rings. The number of hydrogen-bond donors (Lipinski definition) is 1. The lowest BCUT2D eigenvalue weighted by molar-refractivity contribution is 0.535. The van der Waals surface area contributed by atoms with Gasteiger partial charge in [0.25, 0.3) is 0 Å². The van der Waals surface area contributed by atoms with Gasteiger partial charge in [0.05, 0.1) is 0 Å². The molecule has 2 heterocycles. The van der Waals surface area contributed by atoms with Gasteiger partial charge in [-0.2, -0.15) is 0 Å². The van der Waals surface area contributed by atoms with E-state index in [2.05, 4.69) is 9.97 Å². The number of nitrogens with zero attached hydrogens (tertiary/aromatic N) is 1. The van der Waals surface area contributed by atoms with Gasteiger partial charge in [-0.1, -0.05) is 29.8 Å². The number of fused-ring (bicyclic) bond motifs is 1. The van der Waals surface area contributed by atoms with E-state index >= 15 is 0 Å². The Morgan fingerprint density at radius 3 is 2.88 bits per heavy atom. The van der Waals surface area contributed by atoms with Crippen LogP contribution >= 0.6 is 11.6 Å². The molecular formula is C12H9ClN2O. The summed E-state index contributed by atoms with van der Waals surface area (Å²) in [5.41, 5.74) is 2.00. The van der Waals surface area contributed by atoms with Crippen LogP contribution in [0.25, 0.3) is 22.2 Å². The first-order valence-corrected chi connectivity index (χ1v) is 5.33. The lowest BCUT2D eigenvalue weighted by Crippen LogP contribution is -1.72. The summed E-state index contributed by atoms with van der Waals surface area (Å²) in [5, 5.41) is 1.49. The molecule has 0 saturated heterocycles. The largest absolute Gasteiger partial charge is 0.439 e. The van der Waals surface area contributed by atoms with Gasteiger partial charge in [0, 0.05) is 29.6 Å². The van der Waals surface area contributed by atoms with Crippen molar-refractivity contribution < 1.29 is 4.42 Å². The third kappa shape index (κ3) is 1.32. The van der Waals surface area contributed by atoms with Gasteiger partial charge in [0.1, 0.15) is 0 Å². The smallest absolute Gasteiger partial charge is 0.193 e. The van der Waals surface area contributed by atoms with Crippen molar-refractivity contribution in [2.75, 3.05) is 0 Å². The zero-order valence-electron chi connectivity index (χ0n) is 8.62. The Bertz CT molecular complexity index is 654. The molecule has 0 amide bonds. The maximum atomic E-state index is 6.02. The van der Waals surface area contributed by atoms with Gasteiger partial charge in [0.2, 0.25) is 0 Å². The zero-order chi connectivity index (χ0) is 11.1. The third-order valence-electron chi connectivity index (χ3n) is 2.53. The van der Waals surface area contributed by atoms with E-state index < -0.39 is 0 Å². The zero-order valence-corrected chi connectivity index (χ0v) is 9.38. The van der Waals surface area contributed by atoms with Gasteiger partial charge >= 0.3 is 0 Å². The van der Waals surface area contributed by atoms with Crippen LogP contribution in [-0.2, 0) is 0 Å². The van der Waals surface area contributed by atoms with E-state index in [1.54, 1.807) is 6.92 Å². The number of aromatic nitrogens is 2. The second-order valence-electron chi connectivity index (χ2n) is 3.60. The highest BCUT2D eigenvalue weighted by atomic mass is 35.5. The lowest BCUT2D eigenvalue weighted by Gasteiger charge is -1.93. The van der Waals surface area contributed by atoms with Crippen molar-refractivity contribution in [3.05, 3.63) is 41.5 Å². The second kappa shape index (κ2) is 3.39. The molecule has 0 atom stereocenters. The Labute approximate surface area is 97.1 Å². The first-order chi connectivity index (χ1) is 7.75. The van der Waals surface area contributed by atoms with Gasteiger partial charge in [-0.05, 0) is 6.07 Å². The number of rotatable bonds is 1. The van der Waals surface area contributed by atoms with Crippen molar-refractivity contribution in [2.24, 2.45) is 0 Å². The summed E-state index contributed by atoms with van der Waals surface area (Å²) in [5.74, 6) is 1.20. The van der Waals surface area contributed by atoms with E-state index in [4.69, 9.17) is 16.0 Å². The normalized spacial score (nSPS) is 11.1. The summed E-state index contributed by atoms with van der Waals surface area (Å²) in [7, 11) is 0. The third-order valence-corrected chi connectivity index (χ3v) is 2.78. The number of aryl methyl sites for hydroxylation is 1. The molecule has 0 unspecified atom stereocenters. The molecule has 4 heteroatoms. The number of nitrogens with one attached hydrogen (secondary N) is 1. The molecule has 2 aromatic heterocycles. The van der Waals surface area contributed by atoms with E-state index in [0.717, 1.165) is 16.5 Å². The molecule has 0 spiro atoms. The highest BCUT2D eigenvalue weighted by molar-refractivity contribution is 6.32. The quantitative estimate of drug-likeness (QED) is 0.694. The average molecular weight is 233 g/mol. The molecule has 0 fully saturated rings. The first-order valence-electron chi connectivity index (χ1n) is 4.95. The molecule has 3 nitrogen and oxygen atoms in total. The van der Waals surface area contributed by atoms with Crippen LogP contribution in [0, 0.1) is 6.92 Å². The highest BCUT2D eigenvalue weighted by Crippen LogP contribution is 2.33. The number of halogens is 1. The van der Waals surface area contributed by atoms with Crippen LogP contribution in [0.5, 0.6) is 0 Å². The van der Waals surface area contributed by atoms with Crippen LogP contribution in [0.1, 0.15) is 5.89 Å². The van der Waals surface area contributed by atoms with Crippen LogP contribution < -0.4 is 0 Å². The van der Waals surface area contributed by atoms with Crippen LogP contribution in [-0.4, -0.2) is 9.97 Å². The number of aromatic amines is 1. The molecule has 3 aromatic rings. The number of oxazole rings is 1. The number of H-pyrrole nitrogens is 1. The molecule has 0 aliphatic heterocycles. The summed E-state index contributed by atoms with van der Waals surface area (Å²) in [6.45, 7) is 1.78. The minimum absolute atomic E-state index is 0.405. The van der Waals surface area contributed by atoms with E-state index in [0.29, 0.717) is 16.8 Å². The Morgan fingerprint density at radius 2 is 2.12 bits per heavy atom. The number of benzene rings is 1. The molecule has 1 N–H and O–H groups in total. The molecule has 3 rings (SSSR count). The Kier molecular flexibility index (Phi) is 2.01. The fourth-order valence-corrected chi connectivity index (χ4v) is 2.09. The topological polar surface area (TPSA) is 41.8 Å². The fraction of sp³-hybridized carbons (Fsp3) is 0.0833. The van der Waals surface area contributed by atoms with E-state index in [1.807, 2.05) is 30.5 Å². The van der Waals surface area contributed by atoms with Crippen molar-refractivity contribution in [2.45, 2.75) is 6.92 Å². The van der Waals surface area contributed by atoms with Gasteiger partial charge in [-0.25, -0.2) is 4.98 Å². The van der Waals surface area contributed by atoms with Gasteiger partial charge in [0.15, 0.2) is 16.8 Å². The highest BCUT2D eigenvalue weighted by Gasteiger charge is 2.14. The Hall–Kier alpha value is -1.74. The summed E-state index contributed by atoms with van der Waals surface area (Å²) >= 11 is 6.02. The van der Waals surface area contributed by atoms with E-state index in [-0.39, 0.29) is 0 Å². The van der Waals surface area contributed by atoms with Gasteiger partial charge in [-0.15, -0.1) is 0 Å². The monoisotopic (exact) mass is 232 g/mol. The van der Waals surface area contributed by atoms with Crippen molar-refractivity contribution in [1.82, 2.24) is 9.97 Å². The maximum absolute atomic E-state index is 6.02. The molecule has 1 aromatic carbocycles. The Balaban J connectivity index is 2.30. The summed E-state index contributed by atoms with van der Waals surface area (Å²) < 4.78 is 5.50. The van der Waals surface area contributed by atoms with Crippen molar-refractivity contribution in [3.63, 3.8) is 0 Å². The molecule has 0 bridgehead atoms. The molecule has 0 radical (unpaired) electrons. The van der Waals surface area contributed by atoms with E-state index in [9.17, 15) is 0 Å². The minimum atomic E-state index is 0.405. The fourth-order valence-electron chi connectivity index (χ4n) is 1.83. The first kappa shape index (κ1) is 9.48. The SMILES string of the molecule is Cc1nc(Cl)c(-c2c[nH]c3ccccc23)o1. The predicted molar refractivity (Wildman–Crippen MR) is 63.5 cm³/mol. The molecule has 0 saturated carbocycles. The molecule has 80 valence electrons. The molecule has 0 aliphatic carbocycles. The van der Waals surface area contributed by atoms with Crippen molar-refractivity contribution in [3.8, 4) is 11.3 Å². The number of para-hydroxylation sites is 1. The van der Waals surface area contributed by atoms with Crippen LogP contribution in [0.15, 0.2) is 34.9 Å². The standard InChI is InChI=1S/C12H9ClN2O/c1-7-15-12(13)11(16-7)9-6-14-10-5-3-2-4-8(9)10/h2-6,14H,1H3. The minimum Gasteiger partial charge on any atom is -0.439 e. The van der Waals surface area contributed by atoms with Crippen molar-refractivity contribution in [1.29, 1.82) is 0 Å². The predicted octanol–water partition coefficient (Wildman–Crippen LogP) is 3.78. The average Bonchev–Trinajstić information content (AvgIpc) is 2.81. The maximum Gasteiger partial charge on any atom is 0.193 e. The molecule has 16 heavy (non-hydrogen) atoms. The molecular weight excluding hydrogens is 224 g/mol. The van der Waals surface area contributed by atoms with Gasteiger partial charge < -0.3 is 9.40 Å². The van der Waals surface area contributed by atoms with Crippen LogP contribution in [0.2, 0.25) is 5.15 Å². The van der Waals surface area contributed by atoms with Crippen LogP contribution in [0.4, 0.5) is 0 Å². The van der Waals surface area contributed by atoms with Crippen molar-refractivity contribution >= 4 is 22.5 Å². The lowest BCUT2D eigenvalue weighted by atomic mass is 10.1. The number of hydrogen-bond acceptors (Lipinski definition) is 2. The Morgan fingerprint density at radius 1 is 1.31 bits per heavy atom.